The second-order valence-corrected chi connectivity index (χ2v) is 8.79. The van der Waals surface area contributed by atoms with Crippen molar-refractivity contribution in [3.05, 3.63) is 54.9 Å². The number of nitrogens with zero attached hydrogens (tertiary/aromatic N) is 4. The Labute approximate surface area is 209 Å². The molecule has 0 atom stereocenters. The zero-order chi connectivity index (χ0) is 24.6. The Morgan fingerprint density at radius 3 is 2.29 bits per heavy atom. The van der Waals surface area contributed by atoms with Crippen molar-refractivity contribution in [2.45, 2.75) is 5.03 Å². The molecule has 1 N–H and O–H groups in total. The molecule has 4 rings (SSSR count). The number of benzene rings is 2. The Bertz CT molecular complexity index is 1140. The topological polar surface area (TPSA) is 89.1 Å². The minimum Gasteiger partial charge on any atom is -0.497 e. The van der Waals surface area contributed by atoms with Gasteiger partial charge >= 0.3 is 0 Å². The van der Waals surface area contributed by atoms with Gasteiger partial charge in [-0.1, -0.05) is 11.8 Å². The van der Waals surface area contributed by atoms with Gasteiger partial charge < -0.3 is 29.3 Å². The number of carbonyl (C=O) groups is 1. The first kappa shape index (κ1) is 24.5. The summed E-state index contributed by atoms with van der Waals surface area (Å²) in [5, 5.41) is 3.64. The lowest BCUT2D eigenvalue weighted by Gasteiger charge is -2.36. The molecule has 184 valence electrons. The first-order chi connectivity index (χ1) is 17.1. The van der Waals surface area contributed by atoms with Crippen LogP contribution < -0.4 is 29.3 Å². The van der Waals surface area contributed by atoms with Gasteiger partial charge in [-0.25, -0.2) is 9.97 Å². The summed E-state index contributed by atoms with van der Waals surface area (Å²) in [5.74, 6) is 3.00. The summed E-state index contributed by atoms with van der Waals surface area (Å²) in [5.41, 5.74) is 1.83. The van der Waals surface area contributed by atoms with Crippen LogP contribution in [0.2, 0.25) is 0 Å². The molecule has 0 radical (unpaired) electrons. The molecular weight excluding hydrogens is 466 g/mol. The second kappa shape index (κ2) is 11.7. The SMILES string of the molecule is COc1ccc(N2CCN(c3cc(SCC(=O)Nc4ccc(OC)c(OC)c4)ncn3)CC2)cc1. The van der Waals surface area contributed by atoms with Gasteiger partial charge in [0.05, 0.1) is 27.1 Å². The first-order valence-electron chi connectivity index (χ1n) is 11.2. The Balaban J connectivity index is 1.29. The summed E-state index contributed by atoms with van der Waals surface area (Å²) < 4.78 is 15.8. The first-order valence-corrected chi connectivity index (χ1v) is 12.2. The van der Waals surface area contributed by atoms with Crippen molar-refractivity contribution in [2.75, 3.05) is 68.4 Å². The highest BCUT2D eigenvalue weighted by Crippen LogP contribution is 2.30. The molecule has 1 aliphatic heterocycles. The number of ether oxygens (including phenoxy) is 3. The number of thioether (sulfide) groups is 1. The minimum absolute atomic E-state index is 0.129. The molecule has 1 aromatic heterocycles. The fourth-order valence-electron chi connectivity index (χ4n) is 3.82. The summed E-state index contributed by atoms with van der Waals surface area (Å²) >= 11 is 1.38. The van der Waals surface area contributed by atoms with E-state index < -0.39 is 0 Å². The summed E-state index contributed by atoms with van der Waals surface area (Å²) in [6, 6.07) is 15.3. The van der Waals surface area contributed by atoms with Crippen LogP contribution in [-0.2, 0) is 4.79 Å². The van der Waals surface area contributed by atoms with Crippen LogP contribution in [0.4, 0.5) is 17.2 Å². The molecule has 0 spiro atoms. The number of piperazine rings is 1. The summed E-state index contributed by atoms with van der Waals surface area (Å²) in [6.07, 6.45) is 1.56. The molecule has 0 unspecified atom stereocenters. The van der Waals surface area contributed by atoms with E-state index in [0.717, 1.165) is 42.8 Å². The molecule has 10 heteroatoms. The molecule has 35 heavy (non-hydrogen) atoms. The number of nitrogens with one attached hydrogen (secondary N) is 1. The Morgan fingerprint density at radius 2 is 1.60 bits per heavy atom. The molecule has 9 nitrogen and oxygen atoms in total. The van der Waals surface area contributed by atoms with Gasteiger partial charge in [0.15, 0.2) is 11.5 Å². The zero-order valence-electron chi connectivity index (χ0n) is 20.1. The summed E-state index contributed by atoms with van der Waals surface area (Å²) in [4.78, 5) is 25.8. The van der Waals surface area contributed by atoms with Crippen LogP contribution in [-0.4, -0.2) is 69.1 Å². The van der Waals surface area contributed by atoms with E-state index in [0.29, 0.717) is 17.2 Å². The zero-order valence-corrected chi connectivity index (χ0v) is 20.9. The summed E-state index contributed by atoms with van der Waals surface area (Å²) in [6.45, 7) is 3.50. The molecule has 1 amide bonds. The summed E-state index contributed by atoms with van der Waals surface area (Å²) in [7, 11) is 4.81. The van der Waals surface area contributed by atoms with Crippen molar-refractivity contribution in [2.24, 2.45) is 0 Å². The van der Waals surface area contributed by atoms with Crippen LogP contribution in [0.5, 0.6) is 17.2 Å². The maximum absolute atomic E-state index is 12.5. The quantitative estimate of drug-likeness (QED) is 0.354. The highest BCUT2D eigenvalue weighted by atomic mass is 32.2. The number of aromatic nitrogens is 2. The Morgan fingerprint density at radius 1 is 0.886 bits per heavy atom. The van der Waals surface area contributed by atoms with E-state index in [1.807, 2.05) is 18.2 Å². The number of hydrogen-bond acceptors (Lipinski definition) is 9. The average molecular weight is 496 g/mol. The van der Waals surface area contributed by atoms with E-state index in [1.165, 1.54) is 17.4 Å². The van der Waals surface area contributed by atoms with Crippen LogP contribution in [0.3, 0.4) is 0 Å². The molecule has 0 saturated carbocycles. The molecule has 2 heterocycles. The molecule has 3 aromatic rings. The third kappa shape index (κ3) is 6.27. The van der Waals surface area contributed by atoms with Gasteiger partial charge in [0.2, 0.25) is 5.91 Å². The van der Waals surface area contributed by atoms with Gasteiger partial charge in [-0.15, -0.1) is 0 Å². The predicted octanol–water partition coefficient (Wildman–Crippen LogP) is 3.56. The van der Waals surface area contributed by atoms with Crippen LogP contribution in [0.15, 0.2) is 59.9 Å². The van der Waals surface area contributed by atoms with Gasteiger partial charge in [0.1, 0.15) is 22.9 Å². The Kier molecular flexibility index (Phi) is 8.15. The van der Waals surface area contributed by atoms with E-state index in [4.69, 9.17) is 14.2 Å². The monoisotopic (exact) mass is 495 g/mol. The van der Waals surface area contributed by atoms with Crippen LogP contribution in [0.1, 0.15) is 0 Å². The van der Waals surface area contributed by atoms with Crippen LogP contribution in [0, 0.1) is 0 Å². The average Bonchev–Trinajstić information content (AvgIpc) is 2.92. The van der Waals surface area contributed by atoms with Crippen molar-refractivity contribution in [3.63, 3.8) is 0 Å². The number of anilines is 3. The fourth-order valence-corrected chi connectivity index (χ4v) is 4.48. The number of carbonyl (C=O) groups excluding carboxylic acids is 1. The van der Waals surface area contributed by atoms with E-state index in [2.05, 4.69) is 37.2 Å². The molecule has 1 aliphatic rings. The van der Waals surface area contributed by atoms with E-state index in [-0.39, 0.29) is 11.7 Å². The van der Waals surface area contributed by atoms with Crippen molar-refractivity contribution >= 4 is 34.9 Å². The van der Waals surface area contributed by atoms with Crippen molar-refractivity contribution < 1.29 is 19.0 Å². The van der Waals surface area contributed by atoms with E-state index >= 15 is 0 Å². The fraction of sp³-hybridized carbons (Fsp3) is 0.320. The molecule has 1 saturated heterocycles. The van der Waals surface area contributed by atoms with E-state index in [9.17, 15) is 4.79 Å². The standard InChI is InChI=1S/C25H29N5O4S/c1-32-20-7-5-19(6-8-20)29-10-12-30(13-11-29)23-15-25(27-17-26-23)35-16-24(31)28-18-4-9-21(33-2)22(14-18)34-3/h4-9,14-15,17H,10-13,16H2,1-3H3,(H,28,31). The van der Waals surface area contributed by atoms with E-state index in [1.54, 1.807) is 45.9 Å². The second-order valence-electron chi connectivity index (χ2n) is 7.79. The molecule has 0 bridgehead atoms. The lowest BCUT2D eigenvalue weighted by atomic mass is 10.2. The molecular formula is C25H29N5O4S. The van der Waals surface area contributed by atoms with Crippen LogP contribution in [0.25, 0.3) is 0 Å². The minimum atomic E-state index is -0.129. The maximum atomic E-state index is 12.5. The predicted molar refractivity (Wildman–Crippen MR) is 138 cm³/mol. The van der Waals surface area contributed by atoms with Gasteiger partial charge in [-0.2, -0.15) is 0 Å². The van der Waals surface area contributed by atoms with Gasteiger partial charge in [0.25, 0.3) is 0 Å². The van der Waals surface area contributed by atoms with Gasteiger partial charge in [-0.3, -0.25) is 4.79 Å². The van der Waals surface area contributed by atoms with Crippen molar-refractivity contribution in [1.82, 2.24) is 9.97 Å². The number of hydrogen-bond donors (Lipinski definition) is 1. The highest BCUT2D eigenvalue weighted by Gasteiger charge is 2.19. The third-order valence-electron chi connectivity index (χ3n) is 5.69. The number of amides is 1. The molecule has 1 fully saturated rings. The highest BCUT2D eigenvalue weighted by molar-refractivity contribution is 7.99. The van der Waals surface area contributed by atoms with Gasteiger partial charge in [0, 0.05) is 49.7 Å². The van der Waals surface area contributed by atoms with Crippen molar-refractivity contribution in [3.8, 4) is 17.2 Å². The molecule has 2 aromatic carbocycles. The number of methoxy groups -OCH3 is 3. The lowest BCUT2D eigenvalue weighted by Crippen LogP contribution is -2.46. The number of rotatable bonds is 9. The van der Waals surface area contributed by atoms with Crippen LogP contribution >= 0.6 is 11.8 Å². The molecule has 0 aliphatic carbocycles. The smallest absolute Gasteiger partial charge is 0.234 e. The maximum Gasteiger partial charge on any atom is 0.234 e. The lowest BCUT2D eigenvalue weighted by molar-refractivity contribution is -0.113. The van der Waals surface area contributed by atoms with Gasteiger partial charge in [-0.05, 0) is 36.4 Å². The van der Waals surface area contributed by atoms with Crippen molar-refractivity contribution in [1.29, 1.82) is 0 Å². The third-order valence-corrected chi connectivity index (χ3v) is 6.61. The largest absolute Gasteiger partial charge is 0.497 e. The Hall–Kier alpha value is -3.66. The normalized spacial score (nSPS) is 13.3.